The number of aromatic nitrogens is 2. The SMILES string of the molecule is CCNC(=O)[C@H](NC(=O)C1(c2ccc3nc([C@@H](NC(=O)N4CCCC4)[C@H](c4ccccc4Cl)C4(C)CC4)[nH]c3c2)CCOCC1)C(C)C. The van der Waals surface area contributed by atoms with E-state index in [-0.39, 0.29) is 35.1 Å². The molecular weight excluding hydrogens is 628 g/mol. The van der Waals surface area contributed by atoms with Gasteiger partial charge in [-0.15, -0.1) is 0 Å². The molecule has 3 heterocycles. The van der Waals surface area contributed by atoms with Gasteiger partial charge in [0.1, 0.15) is 11.9 Å². The summed E-state index contributed by atoms with van der Waals surface area (Å²) in [7, 11) is 0. The maximum Gasteiger partial charge on any atom is 0.318 e. The molecule has 2 aromatic carbocycles. The van der Waals surface area contributed by atoms with Crippen molar-refractivity contribution in [1.82, 2.24) is 30.8 Å². The van der Waals surface area contributed by atoms with Gasteiger partial charge in [0.05, 0.1) is 22.5 Å². The average molecular weight is 677 g/mol. The van der Waals surface area contributed by atoms with Crippen LogP contribution in [0, 0.1) is 11.3 Å². The Balaban J connectivity index is 1.39. The molecule has 1 saturated carbocycles. The zero-order chi connectivity index (χ0) is 34.1. The molecule has 3 aromatic rings. The van der Waals surface area contributed by atoms with Gasteiger partial charge in [-0.25, -0.2) is 9.78 Å². The minimum absolute atomic E-state index is 0.0562. The zero-order valence-corrected chi connectivity index (χ0v) is 29.3. The summed E-state index contributed by atoms with van der Waals surface area (Å²) in [4.78, 5) is 51.3. The molecule has 0 unspecified atom stereocenters. The Bertz CT molecular complexity index is 1640. The van der Waals surface area contributed by atoms with Crippen LogP contribution in [0.3, 0.4) is 0 Å². The van der Waals surface area contributed by atoms with Crippen molar-refractivity contribution in [2.24, 2.45) is 11.3 Å². The lowest BCUT2D eigenvalue weighted by atomic mass is 9.73. The lowest BCUT2D eigenvalue weighted by Gasteiger charge is -2.37. The molecule has 4 amide bonds. The highest BCUT2D eigenvalue weighted by atomic mass is 35.5. The summed E-state index contributed by atoms with van der Waals surface area (Å²) < 4.78 is 5.72. The Morgan fingerprint density at radius 2 is 1.73 bits per heavy atom. The molecule has 0 radical (unpaired) electrons. The Morgan fingerprint density at radius 3 is 2.38 bits per heavy atom. The molecule has 3 fully saturated rings. The Labute approximate surface area is 288 Å². The number of H-pyrrole nitrogens is 1. The van der Waals surface area contributed by atoms with Crippen molar-refractivity contribution in [1.29, 1.82) is 0 Å². The van der Waals surface area contributed by atoms with Crippen LogP contribution in [0.1, 0.15) is 95.1 Å². The zero-order valence-electron chi connectivity index (χ0n) is 28.5. The lowest BCUT2D eigenvalue weighted by Crippen LogP contribution is -2.56. The summed E-state index contributed by atoms with van der Waals surface area (Å²) in [6.07, 6.45) is 5.03. The number of nitrogens with one attached hydrogen (secondary N) is 4. The summed E-state index contributed by atoms with van der Waals surface area (Å²) in [5.41, 5.74) is 2.44. The van der Waals surface area contributed by atoms with Gasteiger partial charge >= 0.3 is 6.03 Å². The van der Waals surface area contributed by atoms with Crippen LogP contribution in [-0.2, 0) is 19.7 Å². The van der Waals surface area contributed by atoms with Gasteiger partial charge in [-0.05, 0) is 86.1 Å². The van der Waals surface area contributed by atoms with Crippen molar-refractivity contribution in [3.8, 4) is 0 Å². The van der Waals surface area contributed by atoms with Crippen LogP contribution in [-0.4, -0.2) is 71.6 Å². The number of likely N-dealkylation sites (tertiary alicyclic amines) is 1. The minimum Gasteiger partial charge on any atom is -0.381 e. The summed E-state index contributed by atoms with van der Waals surface area (Å²) in [5, 5.41) is 10.0. The Morgan fingerprint density at radius 1 is 1.02 bits per heavy atom. The number of carbonyl (C=O) groups is 3. The number of halogens is 1. The quantitative estimate of drug-likeness (QED) is 0.199. The normalized spacial score (nSPS) is 20.2. The molecule has 0 bridgehead atoms. The molecule has 2 saturated heterocycles. The molecule has 3 aliphatic rings. The first-order valence-electron chi connectivity index (χ1n) is 17.5. The average Bonchev–Trinajstić information content (AvgIpc) is 3.43. The number of hydrogen-bond acceptors (Lipinski definition) is 5. The summed E-state index contributed by atoms with van der Waals surface area (Å²) in [6.45, 7) is 10.9. The van der Waals surface area contributed by atoms with Crippen LogP contribution in [0.25, 0.3) is 11.0 Å². The number of nitrogens with zero attached hydrogens (tertiary/aromatic N) is 2. The first kappa shape index (κ1) is 34.2. The maximum atomic E-state index is 14.2. The summed E-state index contributed by atoms with van der Waals surface area (Å²) in [6, 6.07) is 12.6. The number of aromatic amines is 1. The third-order valence-electron chi connectivity index (χ3n) is 10.8. The van der Waals surface area contributed by atoms with Crippen LogP contribution in [0.5, 0.6) is 0 Å². The number of urea groups is 1. The number of rotatable bonds is 11. The fourth-order valence-corrected chi connectivity index (χ4v) is 7.84. The third-order valence-corrected chi connectivity index (χ3v) is 11.1. The van der Waals surface area contributed by atoms with Gasteiger partial charge in [0.2, 0.25) is 11.8 Å². The number of benzene rings is 2. The molecule has 11 heteroatoms. The van der Waals surface area contributed by atoms with Gasteiger partial charge in [0.25, 0.3) is 0 Å². The van der Waals surface area contributed by atoms with E-state index in [0.717, 1.165) is 60.9 Å². The largest absolute Gasteiger partial charge is 0.381 e. The molecular formula is C37H49ClN6O4. The second-order valence-corrected chi connectivity index (χ2v) is 14.8. The predicted octanol–water partition coefficient (Wildman–Crippen LogP) is 5.97. The predicted molar refractivity (Wildman–Crippen MR) is 187 cm³/mol. The van der Waals surface area contributed by atoms with E-state index in [1.54, 1.807) is 0 Å². The molecule has 1 aliphatic carbocycles. The topological polar surface area (TPSA) is 128 Å². The second-order valence-electron chi connectivity index (χ2n) is 14.4. The molecule has 1 aromatic heterocycles. The maximum absolute atomic E-state index is 14.2. The van der Waals surface area contributed by atoms with Crippen LogP contribution in [0.15, 0.2) is 42.5 Å². The van der Waals surface area contributed by atoms with E-state index in [0.29, 0.717) is 43.4 Å². The standard InChI is InChI=1S/C37H49ClN6O4/c1-5-39-33(45)30(23(2)3)42-34(46)37(16-20-48-21-17-37)24-12-13-27-28(22-24)41-32(40-27)31(43-35(47)44-18-8-9-19-44)29(36(4)14-15-36)25-10-6-7-11-26(25)38/h6-7,10-13,22-23,29-31H,5,8-9,14-21H2,1-4H3,(H,39,45)(H,40,41)(H,42,46)(H,43,47)/t29-,30+,31-/m0/s1. The lowest BCUT2D eigenvalue weighted by molar-refractivity contribution is -0.135. The Hall–Kier alpha value is -3.63. The van der Waals surface area contributed by atoms with E-state index in [2.05, 4.69) is 33.9 Å². The number of carbonyl (C=O) groups excluding carboxylic acids is 3. The summed E-state index contributed by atoms with van der Waals surface area (Å²) >= 11 is 6.84. The van der Waals surface area contributed by atoms with Gasteiger partial charge < -0.3 is 30.6 Å². The minimum atomic E-state index is -0.873. The van der Waals surface area contributed by atoms with E-state index in [9.17, 15) is 14.4 Å². The fourth-order valence-electron chi connectivity index (χ4n) is 7.59. The molecule has 6 rings (SSSR count). The van der Waals surface area contributed by atoms with Crippen molar-refractivity contribution >= 4 is 40.5 Å². The number of likely N-dealkylation sites (N-methyl/N-ethyl adjacent to an activating group) is 1. The van der Waals surface area contributed by atoms with Crippen LogP contribution in [0.4, 0.5) is 4.79 Å². The third kappa shape index (κ3) is 6.79. The monoisotopic (exact) mass is 676 g/mol. The van der Waals surface area contributed by atoms with E-state index in [4.69, 9.17) is 21.3 Å². The molecule has 2 aliphatic heterocycles. The number of ether oxygens (including phenoxy) is 1. The van der Waals surface area contributed by atoms with Gasteiger partial charge in [-0.1, -0.05) is 56.6 Å². The van der Waals surface area contributed by atoms with Crippen LogP contribution in [0.2, 0.25) is 5.02 Å². The first-order valence-corrected chi connectivity index (χ1v) is 17.9. The smallest absolute Gasteiger partial charge is 0.318 e. The highest BCUT2D eigenvalue weighted by molar-refractivity contribution is 6.31. The summed E-state index contributed by atoms with van der Waals surface area (Å²) in [5.74, 6) is 0.117. The molecule has 10 nitrogen and oxygen atoms in total. The van der Waals surface area contributed by atoms with Crippen molar-refractivity contribution in [3.05, 3.63) is 64.4 Å². The highest BCUT2D eigenvalue weighted by Gasteiger charge is 2.51. The van der Waals surface area contributed by atoms with Gasteiger partial charge in [0.15, 0.2) is 0 Å². The van der Waals surface area contributed by atoms with E-state index in [1.165, 1.54) is 0 Å². The Kier molecular flexibility index (Phi) is 10.0. The van der Waals surface area contributed by atoms with Crippen molar-refractivity contribution in [2.45, 2.75) is 89.6 Å². The molecule has 0 spiro atoms. The van der Waals surface area contributed by atoms with Gasteiger partial charge in [-0.2, -0.15) is 0 Å². The second kappa shape index (κ2) is 14.1. The number of fused-ring (bicyclic) bond motifs is 1. The van der Waals surface area contributed by atoms with Crippen molar-refractivity contribution in [3.63, 3.8) is 0 Å². The van der Waals surface area contributed by atoms with E-state index < -0.39 is 17.5 Å². The molecule has 48 heavy (non-hydrogen) atoms. The van der Waals surface area contributed by atoms with Gasteiger partial charge in [0, 0.05) is 43.8 Å². The highest BCUT2D eigenvalue weighted by Crippen LogP contribution is 2.60. The first-order chi connectivity index (χ1) is 23.1. The molecule has 3 atom stereocenters. The fraction of sp³-hybridized carbons (Fsp3) is 0.568. The number of hydrogen-bond donors (Lipinski definition) is 4. The van der Waals surface area contributed by atoms with Crippen LogP contribution < -0.4 is 16.0 Å². The van der Waals surface area contributed by atoms with Crippen molar-refractivity contribution in [2.75, 3.05) is 32.8 Å². The van der Waals surface area contributed by atoms with Crippen LogP contribution >= 0.6 is 11.6 Å². The van der Waals surface area contributed by atoms with E-state index >= 15 is 0 Å². The number of amides is 4. The van der Waals surface area contributed by atoms with Crippen molar-refractivity contribution < 1.29 is 19.1 Å². The van der Waals surface area contributed by atoms with Gasteiger partial charge in [-0.3, -0.25) is 9.59 Å². The molecule has 4 N–H and O–H groups in total. The van der Waals surface area contributed by atoms with E-state index in [1.807, 2.05) is 62.1 Å². The molecule has 258 valence electrons. The number of imidazole rings is 1.